The van der Waals surface area contributed by atoms with Crippen LogP contribution in [-0.4, -0.2) is 14.4 Å². The molecule has 1 aliphatic rings. The lowest BCUT2D eigenvalue weighted by atomic mass is 9.82. The number of imidazole rings is 1. The highest BCUT2D eigenvalue weighted by atomic mass is 15.0. The molecular weight excluding hydrogens is 426 g/mol. The Morgan fingerprint density at radius 1 is 0.714 bits per heavy atom. The number of rotatable bonds is 2. The van der Waals surface area contributed by atoms with Gasteiger partial charge >= 0.3 is 0 Å². The number of benzene rings is 4. The van der Waals surface area contributed by atoms with Crippen molar-refractivity contribution in [2.45, 2.75) is 26.2 Å². The summed E-state index contributed by atoms with van der Waals surface area (Å²) in [5, 5.41) is 2.43. The minimum absolute atomic E-state index is 0.0435. The summed E-state index contributed by atoms with van der Waals surface area (Å²) in [6.07, 6.45) is 4.05. The van der Waals surface area contributed by atoms with E-state index in [0.29, 0.717) is 0 Å². The maximum Gasteiger partial charge on any atom is 0.163 e. The average molecular weight is 452 g/mol. The van der Waals surface area contributed by atoms with Gasteiger partial charge in [0.05, 0.1) is 5.69 Å². The minimum atomic E-state index is -0.0435. The predicted molar refractivity (Wildman–Crippen MR) is 144 cm³/mol. The van der Waals surface area contributed by atoms with E-state index in [4.69, 9.17) is 9.97 Å². The van der Waals surface area contributed by atoms with E-state index in [2.05, 4.69) is 116 Å². The van der Waals surface area contributed by atoms with Crippen molar-refractivity contribution in [1.82, 2.24) is 14.4 Å². The largest absolute Gasteiger partial charge is 0.300 e. The molecule has 2 heterocycles. The fourth-order valence-electron chi connectivity index (χ4n) is 5.64. The molecule has 0 unspecified atom stereocenters. The third-order valence-corrected chi connectivity index (χ3v) is 7.58. The molecule has 0 saturated heterocycles. The van der Waals surface area contributed by atoms with Crippen molar-refractivity contribution < 1.29 is 0 Å². The van der Waals surface area contributed by atoms with Gasteiger partial charge in [-0.3, -0.25) is 0 Å². The lowest BCUT2D eigenvalue weighted by molar-refractivity contribution is 0.660. The Kier molecular flexibility index (Phi) is 4.11. The monoisotopic (exact) mass is 451 g/mol. The first-order valence-corrected chi connectivity index (χ1v) is 12.1. The van der Waals surface area contributed by atoms with Crippen LogP contribution in [0.2, 0.25) is 0 Å². The molecular formula is C32H25N3. The van der Waals surface area contributed by atoms with Gasteiger partial charge < -0.3 is 4.40 Å². The molecule has 4 aromatic carbocycles. The van der Waals surface area contributed by atoms with Gasteiger partial charge in [0.2, 0.25) is 0 Å². The van der Waals surface area contributed by atoms with Crippen LogP contribution in [-0.2, 0) is 5.41 Å². The van der Waals surface area contributed by atoms with Crippen molar-refractivity contribution in [3.05, 3.63) is 114 Å². The zero-order valence-corrected chi connectivity index (χ0v) is 20.1. The van der Waals surface area contributed by atoms with Crippen LogP contribution in [0.25, 0.3) is 50.1 Å². The highest BCUT2D eigenvalue weighted by Crippen LogP contribution is 2.49. The second-order valence-electron chi connectivity index (χ2n) is 10.1. The lowest BCUT2D eigenvalue weighted by Gasteiger charge is -2.22. The van der Waals surface area contributed by atoms with Crippen LogP contribution in [0.3, 0.4) is 0 Å². The first-order valence-electron chi connectivity index (χ1n) is 12.1. The summed E-state index contributed by atoms with van der Waals surface area (Å²) in [6.45, 7) is 6.73. The summed E-state index contributed by atoms with van der Waals surface area (Å²) >= 11 is 0. The van der Waals surface area contributed by atoms with Gasteiger partial charge in [0.25, 0.3) is 0 Å². The van der Waals surface area contributed by atoms with Crippen LogP contribution in [0.1, 0.15) is 30.7 Å². The molecule has 0 aliphatic heterocycles. The Balaban J connectivity index is 1.44. The molecule has 0 fully saturated rings. The molecule has 2 aromatic heterocycles. The fraction of sp³-hybridized carbons (Fsp3) is 0.125. The molecule has 1 aliphatic carbocycles. The molecule has 0 amide bonds. The SMILES string of the molecule is Cc1cnc2c(-c3ccc4ccccc4c3)nc(-c3ccc4c(c3)C(C)(C)c3ccccc3-4)cn12. The minimum Gasteiger partial charge on any atom is -0.300 e. The van der Waals surface area contributed by atoms with Crippen molar-refractivity contribution in [3.63, 3.8) is 0 Å². The van der Waals surface area contributed by atoms with E-state index < -0.39 is 0 Å². The fourth-order valence-corrected chi connectivity index (χ4v) is 5.64. The summed E-state index contributed by atoms with van der Waals surface area (Å²) in [6, 6.07) is 30.5. The number of nitrogens with zero attached hydrogens (tertiary/aromatic N) is 3. The number of aryl methyl sites for hydroxylation is 1. The predicted octanol–water partition coefficient (Wildman–Crippen LogP) is 7.83. The topological polar surface area (TPSA) is 30.2 Å². The van der Waals surface area contributed by atoms with Gasteiger partial charge in [-0.05, 0) is 52.1 Å². The summed E-state index contributed by atoms with van der Waals surface area (Å²) < 4.78 is 2.17. The van der Waals surface area contributed by atoms with Gasteiger partial charge in [0.1, 0.15) is 5.69 Å². The average Bonchev–Trinajstić information content (AvgIpc) is 3.38. The lowest BCUT2D eigenvalue weighted by Crippen LogP contribution is -2.15. The van der Waals surface area contributed by atoms with Gasteiger partial charge in [0.15, 0.2) is 5.65 Å². The quantitative estimate of drug-likeness (QED) is 0.268. The van der Waals surface area contributed by atoms with Crippen LogP contribution in [0, 0.1) is 6.92 Å². The standard InChI is InChI=1S/C32H25N3/c1-20-18-33-31-30(24-13-12-21-8-4-5-9-22(21)16-24)34-29(19-35(20)31)23-14-15-26-25-10-6-7-11-27(25)32(2,3)28(26)17-23/h4-19H,1-3H3. The third-order valence-electron chi connectivity index (χ3n) is 7.58. The number of hydrogen-bond acceptors (Lipinski definition) is 2. The summed E-state index contributed by atoms with van der Waals surface area (Å²) in [5.74, 6) is 0. The van der Waals surface area contributed by atoms with E-state index in [9.17, 15) is 0 Å². The van der Waals surface area contributed by atoms with Crippen molar-refractivity contribution >= 4 is 16.4 Å². The molecule has 6 aromatic rings. The van der Waals surface area contributed by atoms with E-state index in [0.717, 1.165) is 33.9 Å². The molecule has 0 bridgehead atoms. The molecule has 0 radical (unpaired) electrons. The zero-order chi connectivity index (χ0) is 23.7. The number of fused-ring (bicyclic) bond motifs is 5. The second kappa shape index (κ2) is 7.13. The van der Waals surface area contributed by atoms with Crippen LogP contribution in [0.5, 0.6) is 0 Å². The molecule has 0 N–H and O–H groups in total. The van der Waals surface area contributed by atoms with Crippen molar-refractivity contribution in [1.29, 1.82) is 0 Å². The van der Waals surface area contributed by atoms with E-state index in [1.165, 1.54) is 33.0 Å². The highest BCUT2D eigenvalue weighted by molar-refractivity contribution is 5.89. The first-order chi connectivity index (χ1) is 17.0. The molecule has 0 atom stereocenters. The van der Waals surface area contributed by atoms with E-state index >= 15 is 0 Å². The molecule has 35 heavy (non-hydrogen) atoms. The van der Waals surface area contributed by atoms with Crippen molar-refractivity contribution in [2.24, 2.45) is 0 Å². The summed E-state index contributed by atoms with van der Waals surface area (Å²) in [5.41, 5.74) is 11.4. The van der Waals surface area contributed by atoms with Crippen LogP contribution >= 0.6 is 0 Å². The van der Waals surface area contributed by atoms with E-state index in [1.54, 1.807) is 0 Å². The molecule has 0 spiro atoms. The van der Waals surface area contributed by atoms with Crippen molar-refractivity contribution in [2.75, 3.05) is 0 Å². The van der Waals surface area contributed by atoms with Crippen LogP contribution in [0.15, 0.2) is 97.3 Å². The van der Waals surface area contributed by atoms with Gasteiger partial charge in [0, 0.05) is 34.6 Å². The highest BCUT2D eigenvalue weighted by Gasteiger charge is 2.35. The van der Waals surface area contributed by atoms with Crippen LogP contribution < -0.4 is 0 Å². The van der Waals surface area contributed by atoms with Crippen molar-refractivity contribution in [3.8, 4) is 33.6 Å². The van der Waals surface area contributed by atoms with E-state index in [-0.39, 0.29) is 5.41 Å². The molecule has 168 valence electrons. The Morgan fingerprint density at radius 2 is 1.46 bits per heavy atom. The number of aromatic nitrogens is 3. The van der Waals surface area contributed by atoms with Crippen LogP contribution in [0.4, 0.5) is 0 Å². The zero-order valence-electron chi connectivity index (χ0n) is 20.1. The Bertz CT molecular complexity index is 1790. The maximum absolute atomic E-state index is 5.20. The Hall–Kier alpha value is -4.24. The maximum atomic E-state index is 5.20. The molecule has 7 rings (SSSR count). The summed E-state index contributed by atoms with van der Waals surface area (Å²) in [4.78, 5) is 9.92. The summed E-state index contributed by atoms with van der Waals surface area (Å²) in [7, 11) is 0. The normalized spacial score (nSPS) is 13.8. The molecule has 3 nitrogen and oxygen atoms in total. The second-order valence-corrected chi connectivity index (χ2v) is 10.1. The van der Waals surface area contributed by atoms with Gasteiger partial charge in [-0.15, -0.1) is 0 Å². The smallest absolute Gasteiger partial charge is 0.163 e. The van der Waals surface area contributed by atoms with E-state index in [1.807, 2.05) is 6.20 Å². The first kappa shape index (κ1) is 20.2. The number of hydrogen-bond donors (Lipinski definition) is 0. The molecule has 3 heteroatoms. The third kappa shape index (κ3) is 2.91. The molecule has 0 saturated carbocycles. The Labute approximate surface area is 204 Å². The van der Waals surface area contributed by atoms with Gasteiger partial charge in [-0.25, -0.2) is 9.97 Å². The van der Waals surface area contributed by atoms with Gasteiger partial charge in [-0.1, -0.05) is 86.6 Å². The van der Waals surface area contributed by atoms with Gasteiger partial charge in [-0.2, -0.15) is 0 Å². The Morgan fingerprint density at radius 3 is 2.34 bits per heavy atom.